The van der Waals surface area contributed by atoms with Gasteiger partial charge in [0.2, 0.25) is 5.91 Å². The van der Waals surface area contributed by atoms with Crippen molar-refractivity contribution in [2.75, 3.05) is 12.3 Å². The number of benzene rings is 1. The monoisotopic (exact) mass is 293 g/mol. The molecule has 0 heterocycles. The van der Waals surface area contributed by atoms with Crippen molar-refractivity contribution in [1.29, 1.82) is 0 Å². The summed E-state index contributed by atoms with van der Waals surface area (Å²) >= 11 is 1.58. The lowest BCUT2D eigenvalue weighted by Gasteiger charge is -2.09. The molecule has 0 spiro atoms. The van der Waals surface area contributed by atoms with Gasteiger partial charge in [0.25, 0.3) is 0 Å². The summed E-state index contributed by atoms with van der Waals surface area (Å²) in [4.78, 5) is 12.9. The third-order valence-electron chi connectivity index (χ3n) is 3.71. The fourth-order valence-electron chi connectivity index (χ4n) is 2.42. The molecule has 0 saturated heterocycles. The molecule has 1 aromatic carbocycles. The fraction of sp³-hybridized carbons (Fsp3) is 0.562. The summed E-state index contributed by atoms with van der Waals surface area (Å²) in [6, 6.07) is 6.53. The Hall–Kier alpha value is -1.00. The van der Waals surface area contributed by atoms with Gasteiger partial charge in [0.15, 0.2) is 0 Å². The SMILES string of the molecule is CCC(O)CCNC(=O)CSc1ccc2c(c1)CCC2. The summed E-state index contributed by atoms with van der Waals surface area (Å²) in [5.74, 6) is 0.486. The van der Waals surface area contributed by atoms with E-state index in [4.69, 9.17) is 0 Å². The number of carbonyl (C=O) groups excluding carboxylic acids is 1. The number of hydrogen-bond donors (Lipinski definition) is 2. The molecule has 1 unspecified atom stereocenters. The van der Waals surface area contributed by atoms with Crippen molar-refractivity contribution in [3.63, 3.8) is 0 Å². The Kier molecular flexibility index (Phi) is 5.92. The molecular weight excluding hydrogens is 270 g/mol. The lowest BCUT2D eigenvalue weighted by atomic mass is 10.1. The first-order chi connectivity index (χ1) is 9.69. The van der Waals surface area contributed by atoms with Gasteiger partial charge in [0.05, 0.1) is 11.9 Å². The minimum Gasteiger partial charge on any atom is -0.393 e. The molecule has 1 aromatic rings. The average Bonchev–Trinajstić information content (AvgIpc) is 2.92. The maximum Gasteiger partial charge on any atom is 0.230 e. The van der Waals surface area contributed by atoms with Gasteiger partial charge in [-0.15, -0.1) is 11.8 Å². The maximum absolute atomic E-state index is 11.7. The third-order valence-corrected chi connectivity index (χ3v) is 4.70. The van der Waals surface area contributed by atoms with E-state index in [2.05, 4.69) is 23.5 Å². The number of aliphatic hydroxyl groups excluding tert-OH is 1. The van der Waals surface area contributed by atoms with E-state index in [0.29, 0.717) is 18.7 Å². The fourth-order valence-corrected chi connectivity index (χ4v) is 3.21. The van der Waals surface area contributed by atoms with Crippen LogP contribution in [-0.4, -0.2) is 29.4 Å². The van der Waals surface area contributed by atoms with Crippen LogP contribution in [0.3, 0.4) is 0 Å². The standard InChI is InChI=1S/C16H23NO2S/c1-2-14(18)8-9-17-16(19)11-20-15-7-6-12-4-3-5-13(12)10-15/h6-7,10,14,18H,2-5,8-9,11H2,1H3,(H,17,19). The van der Waals surface area contributed by atoms with Crippen molar-refractivity contribution >= 4 is 17.7 Å². The largest absolute Gasteiger partial charge is 0.393 e. The number of aliphatic hydroxyl groups is 1. The average molecular weight is 293 g/mol. The Morgan fingerprint density at radius 1 is 1.40 bits per heavy atom. The molecule has 2 N–H and O–H groups in total. The zero-order valence-electron chi connectivity index (χ0n) is 12.0. The summed E-state index contributed by atoms with van der Waals surface area (Å²) < 4.78 is 0. The van der Waals surface area contributed by atoms with E-state index in [-0.39, 0.29) is 12.0 Å². The van der Waals surface area contributed by atoms with Crippen LogP contribution in [0.25, 0.3) is 0 Å². The molecule has 0 aliphatic heterocycles. The van der Waals surface area contributed by atoms with Crippen molar-refractivity contribution in [3.8, 4) is 0 Å². The molecule has 0 bridgehead atoms. The van der Waals surface area contributed by atoms with Gasteiger partial charge in [-0.1, -0.05) is 13.0 Å². The van der Waals surface area contributed by atoms with Crippen LogP contribution in [0.15, 0.2) is 23.1 Å². The van der Waals surface area contributed by atoms with Crippen molar-refractivity contribution < 1.29 is 9.90 Å². The maximum atomic E-state index is 11.7. The number of rotatable bonds is 7. The molecule has 0 saturated carbocycles. The van der Waals surface area contributed by atoms with E-state index >= 15 is 0 Å². The second kappa shape index (κ2) is 7.70. The molecule has 1 aliphatic carbocycles. The molecule has 4 heteroatoms. The van der Waals surface area contributed by atoms with Gasteiger partial charge in [-0.2, -0.15) is 0 Å². The molecule has 1 aliphatic rings. The van der Waals surface area contributed by atoms with Crippen molar-refractivity contribution in [2.45, 2.75) is 50.0 Å². The Bertz CT molecular complexity index is 462. The van der Waals surface area contributed by atoms with Gasteiger partial charge >= 0.3 is 0 Å². The van der Waals surface area contributed by atoms with E-state index in [1.165, 1.54) is 35.3 Å². The van der Waals surface area contributed by atoms with E-state index < -0.39 is 0 Å². The number of thioether (sulfide) groups is 1. The highest BCUT2D eigenvalue weighted by atomic mass is 32.2. The number of amides is 1. The van der Waals surface area contributed by atoms with Crippen LogP contribution < -0.4 is 5.32 Å². The first-order valence-corrected chi connectivity index (χ1v) is 8.37. The van der Waals surface area contributed by atoms with Crippen LogP contribution >= 0.6 is 11.8 Å². The van der Waals surface area contributed by atoms with Crippen LogP contribution in [0.1, 0.15) is 37.3 Å². The zero-order valence-corrected chi connectivity index (χ0v) is 12.8. The Labute approximate surface area is 125 Å². The summed E-state index contributed by atoms with van der Waals surface area (Å²) in [6.07, 6.45) is 4.68. The highest BCUT2D eigenvalue weighted by molar-refractivity contribution is 8.00. The van der Waals surface area contributed by atoms with E-state index in [0.717, 1.165) is 6.42 Å². The molecule has 110 valence electrons. The van der Waals surface area contributed by atoms with Gasteiger partial charge in [-0.05, 0) is 55.4 Å². The molecule has 20 heavy (non-hydrogen) atoms. The molecular formula is C16H23NO2S. The van der Waals surface area contributed by atoms with E-state index in [9.17, 15) is 9.90 Å². The second-order valence-electron chi connectivity index (χ2n) is 5.27. The van der Waals surface area contributed by atoms with Gasteiger partial charge in [-0.3, -0.25) is 4.79 Å². The first-order valence-electron chi connectivity index (χ1n) is 7.38. The van der Waals surface area contributed by atoms with Crippen molar-refractivity contribution in [2.24, 2.45) is 0 Å². The lowest BCUT2D eigenvalue weighted by molar-refractivity contribution is -0.118. The number of hydrogen-bond acceptors (Lipinski definition) is 3. The second-order valence-corrected chi connectivity index (χ2v) is 6.32. The molecule has 0 aromatic heterocycles. The van der Waals surface area contributed by atoms with Crippen molar-refractivity contribution in [1.82, 2.24) is 5.32 Å². The number of carbonyl (C=O) groups is 1. The van der Waals surface area contributed by atoms with Crippen molar-refractivity contribution in [3.05, 3.63) is 29.3 Å². The van der Waals surface area contributed by atoms with Gasteiger partial charge < -0.3 is 10.4 Å². The molecule has 2 rings (SSSR count). The molecule has 1 amide bonds. The minimum atomic E-state index is -0.306. The quantitative estimate of drug-likeness (QED) is 0.760. The predicted octanol–water partition coefficient (Wildman–Crippen LogP) is 2.54. The summed E-state index contributed by atoms with van der Waals surface area (Å²) in [5, 5.41) is 12.3. The summed E-state index contributed by atoms with van der Waals surface area (Å²) in [5.41, 5.74) is 2.91. The van der Waals surface area contributed by atoms with E-state index in [1.54, 1.807) is 11.8 Å². The zero-order chi connectivity index (χ0) is 14.4. The Morgan fingerprint density at radius 3 is 3.00 bits per heavy atom. The molecule has 3 nitrogen and oxygen atoms in total. The van der Waals surface area contributed by atoms with Gasteiger partial charge in [0, 0.05) is 11.4 Å². The Morgan fingerprint density at radius 2 is 2.20 bits per heavy atom. The minimum absolute atomic E-state index is 0.0406. The third kappa shape index (κ3) is 4.53. The number of aryl methyl sites for hydroxylation is 2. The lowest BCUT2D eigenvalue weighted by Crippen LogP contribution is -2.28. The van der Waals surface area contributed by atoms with Gasteiger partial charge in [0.1, 0.15) is 0 Å². The predicted molar refractivity (Wildman–Crippen MR) is 83.1 cm³/mol. The van der Waals surface area contributed by atoms with Crippen LogP contribution in [0.2, 0.25) is 0 Å². The molecule has 0 radical (unpaired) electrons. The summed E-state index contributed by atoms with van der Waals surface area (Å²) in [6.45, 7) is 2.49. The van der Waals surface area contributed by atoms with Gasteiger partial charge in [-0.25, -0.2) is 0 Å². The number of nitrogens with one attached hydrogen (secondary N) is 1. The first kappa shape index (κ1) is 15.4. The highest BCUT2D eigenvalue weighted by Crippen LogP contribution is 2.27. The number of fused-ring (bicyclic) bond motifs is 1. The molecule has 0 fully saturated rings. The Balaban J connectivity index is 1.71. The highest BCUT2D eigenvalue weighted by Gasteiger charge is 2.11. The van der Waals surface area contributed by atoms with Crippen LogP contribution in [0.4, 0.5) is 0 Å². The van der Waals surface area contributed by atoms with Crippen LogP contribution in [-0.2, 0) is 17.6 Å². The summed E-state index contributed by atoms with van der Waals surface area (Å²) in [7, 11) is 0. The molecule has 1 atom stereocenters. The van der Waals surface area contributed by atoms with Crippen LogP contribution in [0.5, 0.6) is 0 Å². The topological polar surface area (TPSA) is 49.3 Å². The van der Waals surface area contributed by atoms with E-state index in [1.807, 2.05) is 6.92 Å². The normalized spacial score (nSPS) is 14.9. The van der Waals surface area contributed by atoms with Crippen LogP contribution in [0, 0.1) is 0 Å². The smallest absolute Gasteiger partial charge is 0.230 e.